The lowest BCUT2D eigenvalue weighted by Gasteiger charge is -2.22. The highest BCUT2D eigenvalue weighted by Gasteiger charge is 2.20. The molecule has 0 saturated heterocycles. The molecule has 190 valence electrons. The van der Waals surface area contributed by atoms with E-state index >= 15 is 0 Å². The number of hydrazone groups is 1. The zero-order chi connectivity index (χ0) is 25.3. The second-order valence-electron chi connectivity index (χ2n) is 8.93. The van der Waals surface area contributed by atoms with Gasteiger partial charge in [0.1, 0.15) is 0 Å². The maximum atomic E-state index is 12.6. The summed E-state index contributed by atoms with van der Waals surface area (Å²) in [4.78, 5) is 25.2. The molecule has 0 spiro atoms. The maximum absolute atomic E-state index is 12.6. The Labute approximate surface area is 215 Å². The molecule has 1 aliphatic rings. The number of thiophene rings is 1. The van der Waals surface area contributed by atoms with Gasteiger partial charge < -0.3 is 14.8 Å². The standard InChI is InChI=1S/C28H33N3O4S/c1-3-35-24-14-13-20(16-25(24)34-2)28(33)29-17-27(32)31-30-23(15-19-9-5-4-6-10-19)22-18-36-26-12-8-7-11-21(22)26/h7-8,11-14,16,18-19H,3-6,9-10,15,17H2,1-2H3,(H,29,33)(H,31,32)/b30-23+. The topological polar surface area (TPSA) is 89.0 Å². The molecule has 1 fully saturated rings. The fourth-order valence-corrected chi connectivity index (χ4v) is 5.57. The van der Waals surface area contributed by atoms with Crippen molar-refractivity contribution < 1.29 is 19.1 Å². The third-order valence-corrected chi connectivity index (χ3v) is 7.41. The van der Waals surface area contributed by atoms with Gasteiger partial charge in [-0.1, -0.05) is 50.3 Å². The van der Waals surface area contributed by atoms with Crippen molar-refractivity contribution in [3.8, 4) is 11.5 Å². The fourth-order valence-electron chi connectivity index (χ4n) is 4.60. The number of fused-ring (bicyclic) bond motifs is 1. The van der Waals surface area contributed by atoms with Crippen LogP contribution in [0, 0.1) is 5.92 Å². The Bertz CT molecular complexity index is 1230. The Balaban J connectivity index is 1.42. The predicted octanol–water partition coefficient (Wildman–Crippen LogP) is 5.53. The normalized spacial score (nSPS) is 14.4. The van der Waals surface area contributed by atoms with Gasteiger partial charge in [-0.05, 0) is 43.5 Å². The number of amides is 2. The van der Waals surface area contributed by atoms with Gasteiger partial charge in [-0.3, -0.25) is 9.59 Å². The molecule has 3 aromatic rings. The summed E-state index contributed by atoms with van der Waals surface area (Å²) in [6, 6.07) is 13.2. The van der Waals surface area contributed by atoms with E-state index in [4.69, 9.17) is 9.47 Å². The molecular weight excluding hydrogens is 474 g/mol. The summed E-state index contributed by atoms with van der Waals surface area (Å²) in [6.07, 6.45) is 7.00. The third kappa shape index (κ3) is 6.43. The van der Waals surface area contributed by atoms with E-state index in [0.29, 0.717) is 29.6 Å². The molecule has 0 aliphatic heterocycles. The molecule has 0 radical (unpaired) electrons. The monoisotopic (exact) mass is 507 g/mol. The van der Waals surface area contributed by atoms with E-state index in [1.54, 1.807) is 29.5 Å². The zero-order valence-electron chi connectivity index (χ0n) is 20.8. The van der Waals surface area contributed by atoms with Crippen LogP contribution < -0.4 is 20.2 Å². The minimum Gasteiger partial charge on any atom is -0.493 e. The smallest absolute Gasteiger partial charge is 0.259 e. The molecule has 1 aliphatic carbocycles. The number of methoxy groups -OCH3 is 1. The van der Waals surface area contributed by atoms with Crippen LogP contribution in [0.4, 0.5) is 0 Å². The molecule has 1 aromatic heterocycles. The molecule has 0 bridgehead atoms. The van der Waals surface area contributed by atoms with E-state index in [1.165, 1.54) is 43.9 Å². The SMILES string of the molecule is CCOc1ccc(C(=O)NCC(=O)N/N=C(\CC2CCCCC2)c2csc3ccccc23)cc1OC. The first kappa shape index (κ1) is 25.7. The van der Waals surface area contributed by atoms with Gasteiger partial charge in [0.15, 0.2) is 11.5 Å². The number of nitrogens with zero attached hydrogens (tertiary/aromatic N) is 1. The lowest BCUT2D eigenvalue weighted by Crippen LogP contribution is -2.35. The molecule has 2 amide bonds. The van der Waals surface area contributed by atoms with Crippen molar-refractivity contribution in [3.05, 3.63) is 59.0 Å². The van der Waals surface area contributed by atoms with Crippen LogP contribution in [0.1, 0.15) is 61.4 Å². The summed E-state index contributed by atoms with van der Waals surface area (Å²) in [7, 11) is 1.52. The third-order valence-electron chi connectivity index (χ3n) is 6.45. The zero-order valence-corrected chi connectivity index (χ0v) is 21.7. The van der Waals surface area contributed by atoms with Crippen molar-refractivity contribution in [2.45, 2.75) is 45.4 Å². The van der Waals surface area contributed by atoms with Crippen LogP contribution in [0.2, 0.25) is 0 Å². The number of hydrogen-bond acceptors (Lipinski definition) is 6. The van der Waals surface area contributed by atoms with E-state index in [2.05, 4.69) is 33.4 Å². The lowest BCUT2D eigenvalue weighted by molar-refractivity contribution is -0.120. The van der Waals surface area contributed by atoms with Gasteiger partial charge in [0, 0.05) is 26.6 Å². The van der Waals surface area contributed by atoms with Crippen molar-refractivity contribution in [3.63, 3.8) is 0 Å². The molecular formula is C28H33N3O4S. The van der Waals surface area contributed by atoms with Crippen LogP contribution in [0.3, 0.4) is 0 Å². The molecule has 8 heteroatoms. The van der Waals surface area contributed by atoms with E-state index in [1.807, 2.05) is 19.1 Å². The van der Waals surface area contributed by atoms with Gasteiger partial charge in [-0.25, -0.2) is 5.43 Å². The quantitative estimate of drug-likeness (QED) is 0.279. The number of rotatable bonds is 10. The maximum Gasteiger partial charge on any atom is 0.259 e. The molecule has 7 nitrogen and oxygen atoms in total. The summed E-state index contributed by atoms with van der Waals surface area (Å²) in [5.74, 6) is 0.857. The van der Waals surface area contributed by atoms with Crippen molar-refractivity contribution in [1.82, 2.24) is 10.7 Å². The number of ether oxygens (including phenoxy) is 2. The van der Waals surface area contributed by atoms with E-state index in [0.717, 1.165) is 23.1 Å². The molecule has 1 heterocycles. The average molecular weight is 508 g/mol. The number of nitrogens with one attached hydrogen (secondary N) is 2. The summed E-state index contributed by atoms with van der Waals surface area (Å²) in [5.41, 5.74) is 5.03. The fraction of sp³-hybridized carbons (Fsp3) is 0.393. The van der Waals surface area contributed by atoms with E-state index in [9.17, 15) is 9.59 Å². The second kappa shape index (κ2) is 12.5. The Morgan fingerprint density at radius 2 is 1.89 bits per heavy atom. The largest absolute Gasteiger partial charge is 0.493 e. The molecule has 36 heavy (non-hydrogen) atoms. The number of benzene rings is 2. The Morgan fingerprint density at radius 1 is 1.08 bits per heavy atom. The molecule has 1 saturated carbocycles. The minimum absolute atomic E-state index is 0.182. The number of carbonyl (C=O) groups is 2. The van der Waals surface area contributed by atoms with Gasteiger partial charge in [-0.2, -0.15) is 5.10 Å². The summed E-state index contributed by atoms with van der Waals surface area (Å²) in [5, 5.41) is 10.5. The summed E-state index contributed by atoms with van der Waals surface area (Å²) < 4.78 is 12.0. The van der Waals surface area contributed by atoms with Gasteiger partial charge in [-0.15, -0.1) is 11.3 Å². The molecule has 0 unspecified atom stereocenters. The number of hydrogen-bond donors (Lipinski definition) is 2. The number of carbonyl (C=O) groups excluding carboxylic acids is 2. The van der Waals surface area contributed by atoms with Crippen molar-refractivity contribution in [1.29, 1.82) is 0 Å². The summed E-state index contributed by atoms with van der Waals surface area (Å²) >= 11 is 1.69. The van der Waals surface area contributed by atoms with Crippen LogP contribution >= 0.6 is 11.3 Å². The van der Waals surface area contributed by atoms with E-state index in [-0.39, 0.29) is 18.4 Å². The summed E-state index contributed by atoms with van der Waals surface area (Å²) in [6.45, 7) is 2.19. The minimum atomic E-state index is -0.373. The van der Waals surface area contributed by atoms with Crippen LogP contribution in [0.15, 0.2) is 52.9 Å². The molecule has 0 atom stereocenters. The van der Waals surface area contributed by atoms with Gasteiger partial charge in [0.2, 0.25) is 0 Å². The van der Waals surface area contributed by atoms with Gasteiger partial charge >= 0.3 is 0 Å². The highest BCUT2D eigenvalue weighted by Crippen LogP contribution is 2.32. The predicted molar refractivity (Wildman–Crippen MR) is 144 cm³/mol. The van der Waals surface area contributed by atoms with Crippen molar-refractivity contribution in [2.75, 3.05) is 20.3 Å². The van der Waals surface area contributed by atoms with Crippen LogP contribution in [0.5, 0.6) is 11.5 Å². The first-order valence-electron chi connectivity index (χ1n) is 12.5. The van der Waals surface area contributed by atoms with E-state index < -0.39 is 0 Å². The van der Waals surface area contributed by atoms with Crippen LogP contribution in [-0.2, 0) is 4.79 Å². The Hall–Kier alpha value is -3.39. The van der Waals surface area contributed by atoms with Gasteiger partial charge in [0.25, 0.3) is 11.8 Å². The first-order chi connectivity index (χ1) is 17.6. The Morgan fingerprint density at radius 3 is 2.67 bits per heavy atom. The Kier molecular flexibility index (Phi) is 8.95. The van der Waals surface area contributed by atoms with Crippen LogP contribution in [0.25, 0.3) is 10.1 Å². The van der Waals surface area contributed by atoms with Crippen molar-refractivity contribution in [2.24, 2.45) is 11.0 Å². The molecule has 2 N–H and O–H groups in total. The first-order valence-corrected chi connectivity index (χ1v) is 13.4. The van der Waals surface area contributed by atoms with Crippen molar-refractivity contribution >= 4 is 38.9 Å². The highest BCUT2D eigenvalue weighted by atomic mass is 32.1. The van der Waals surface area contributed by atoms with Crippen LogP contribution in [-0.4, -0.2) is 37.8 Å². The van der Waals surface area contributed by atoms with Gasteiger partial charge in [0.05, 0.1) is 26.0 Å². The molecule has 2 aromatic carbocycles. The second-order valence-corrected chi connectivity index (χ2v) is 9.84. The highest BCUT2D eigenvalue weighted by molar-refractivity contribution is 7.17. The molecule has 4 rings (SSSR count). The lowest BCUT2D eigenvalue weighted by atomic mass is 9.84. The average Bonchev–Trinajstić information content (AvgIpc) is 3.34.